The first kappa shape index (κ1) is 23.5. The van der Waals surface area contributed by atoms with Crippen LogP contribution in [0, 0.1) is 13.8 Å². The zero-order valence-electron chi connectivity index (χ0n) is 18.3. The third kappa shape index (κ3) is 5.35. The molecule has 1 unspecified atom stereocenters. The summed E-state index contributed by atoms with van der Waals surface area (Å²) in [4.78, 5) is 30.0. The van der Waals surface area contributed by atoms with Gasteiger partial charge in [0.15, 0.2) is 11.4 Å². The van der Waals surface area contributed by atoms with E-state index in [1.54, 1.807) is 23.7 Å². The van der Waals surface area contributed by atoms with Gasteiger partial charge in [-0.15, -0.1) is 0 Å². The molecule has 0 bridgehead atoms. The Hall–Kier alpha value is -3.17. The maximum atomic E-state index is 12.6. The van der Waals surface area contributed by atoms with Crippen LogP contribution in [0.3, 0.4) is 0 Å². The van der Waals surface area contributed by atoms with Gasteiger partial charge in [-0.3, -0.25) is 14.3 Å². The molecular weight excluding hydrogens is 425 g/mol. The molecule has 1 N–H and O–H groups in total. The molecule has 1 atom stereocenters. The molecule has 7 nitrogen and oxygen atoms in total. The van der Waals surface area contributed by atoms with Crippen LogP contribution in [0.2, 0.25) is 0 Å². The molecule has 3 rings (SSSR count). The predicted molar refractivity (Wildman–Crippen MR) is 111 cm³/mol. The van der Waals surface area contributed by atoms with Crippen molar-refractivity contribution in [2.24, 2.45) is 12.2 Å². The fourth-order valence-electron chi connectivity index (χ4n) is 3.63. The zero-order chi connectivity index (χ0) is 23.7. The number of ketones is 1. The lowest BCUT2D eigenvalue weighted by molar-refractivity contribution is -0.142. The van der Waals surface area contributed by atoms with Gasteiger partial charge in [0, 0.05) is 31.0 Å². The molecule has 0 saturated carbocycles. The fourth-order valence-corrected chi connectivity index (χ4v) is 3.63. The number of carbonyl (C=O) groups excluding carboxylic acids is 2. The predicted octanol–water partition coefficient (Wildman–Crippen LogP) is 3.72. The summed E-state index contributed by atoms with van der Waals surface area (Å²) in [5.41, 5.74) is 3.35. The molecule has 1 aliphatic rings. The van der Waals surface area contributed by atoms with Gasteiger partial charge in [0.25, 0.3) is 5.91 Å². The number of alkyl halides is 3. The van der Waals surface area contributed by atoms with Gasteiger partial charge in [0.2, 0.25) is 0 Å². The first-order valence-electron chi connectivity index (χ1n) is 10.1. The Balaban J connectivity index is 1.69. The summed E-state index contributed by atoms with van der Waals surface area (Å²) in [6.07, 6.45) is -5.81. The van der Waals surface area contributed by atoms with Crippen LogP contribution < -0.4 is 5.32 Å². The van der Waals surface area contributed by atoms with Crippen LogP contribution in [0.1, 0.15) is 59.1 Å². The number of hydrogen-bond donors (Lipinski definition) is 1. The minimum atomic E-state index is -4.41. The van der Waals surface area contributed by atoms with Crippen molar-refractivity contribution in [1.82, 2.24) is 15.1 Å². The Morgan fingerprint density at radius 3 is 2.59 bits per heavy atom. The zero-order valence-corrected chi connectivity index (χ0v) is 18.3. The fraction of sp³-hybridized carbons (Fsp3) is 0.455. The Kier molecular flexibility index (Phi) is 6.43. The highest BCUT2D eigenvalue weighted by Crippen LogP contribution is 2.36. The summed E-state index contributed by atoms with van der Waals surface area (Å²) in [6, 6.07) is 7.15. The number of rotatable bonds is 7. The van der Waals surface area contributed by atoms with Gasteiger partial charge >= 0.3 is 6.18 Å². The minimum Gasteiger partial charge on any atom is -0.382 e. The minimum absolute atomic E-state index is 0.318. The molecule has 1 amide bonds. The molecule has 32 heavy (non-hydrogen) atoms. The van der Waals surface area contributed by atoms with Crippen molar-refractivity contribution in [2.75, 3.05) is 6.54 Å². The number of Topliss-reactive ketones (excluding diaryl/α,β-unsaturated/α-hetero) is 1. The second kappa shape index (κ2) is 8.76. The maximum Gasteiger partial charge on any atom is 0.389 e. The molecule has 1 aromatic heterocycles. The van der Waals surface area contributed by atoms with Crippen LogP contribution in [-0.4, -0.2) is 39.9 Å². The quantitative estimate of drug-likeness (QED) is 0.697. The van der Waals surface area contributed by atoms with Crippen molar-refractivity contribution < 1.29 is 27.6 Å². The molecule has 1 aromatic carbocycles. The number of hydrogen-bond acceptors (Lipinski definition) is 5. The lowest BCUT2D eigenvalue weighted by Crippen LogP contribution is -2.30. The van der Waals surface area contributed by atoms with Gasteiger partial charge in [-0.25, -0.2) is 0 Å². The van der Waals surface area contributed by atoms with E-state index in [2.05, 4.69) is 15.6 Å². The number of nitrogens with zero attached hydrogens (tertiary/aromatic N) is 3. The largest absolute Gasteiger partial charge is 0.389 e. The first-order chi connectivity index (χ1) is 14.9. The van der Waals surface area contributed by atoms with Crippen LogP contribution in [0.5, 0.6) is 0 Å². The molecule has 0 radical (unpaired) electrons. The van der Waals surface area contributed by atoms with E-state index in [1.165, 1.54) is 0 Å². The van der Waals surface area contributed by atoms with E-state index in [4.69, 9.17) is 4.84 Å². The summed E-state index contributed by atoms with van der Waals surface area (Å²) in [5.74, 6) is -1.21. The Labute approximate surface area is 183 Å². The summed E-state index contributed by atoms with van der Waals surface area (Å²) >= 11 is 0. The Bertz CT molecular complexity index is 1070. The smallest absolute Gasteiger partial charge is 0.382 e. The van der Waals surface area contributed by atoms with Gasteiger partial charge < -0.3 is 10.2 Å². The third-order valence-corrected chi connectivity index (χ3v) is 5.35. The van der Waals surface area contributed by atoms with E-state index in [0.717, 1.165) is 11.4 Å². The SMILES string of the molecule is Cc1cc(C2(C)CC(c3ccc(C)c(C(=O)NCC(=O)CCC(F)(F)F)c3)=NO2)n(C)n1. The highest BCUT2D eigenvalue weighted by Gasteiger charge is 2.39. The number of aromatic nitrogens is 2. The monoisotopic (exact) mass is 450 g/mol. The number of nitrogens with one attached hydrogen (secondary N) is 1. The highest BCUT2D eigenvalue weighted by molar-refractivity contribution is 6.05. The number of carbonyl (C=O) groups is 2. The molecule has 0 spiro atoms. The molecule has 10 heteroatoms. The van der Waals surface area contributed by atoms with Crippen LogP contribution in [0.15, 0.2) is 29.4 Å². The number of amides is 1. The molecule has 1 aliphatic heterocycles. The number of aryl methyl sites for hydroxylation is 3. The Morgan fingerprint density at radius 2 is 1.97 bits per heavy atom. The molecule has 172 valence electrons. The summed E-state index contributed by atoms with van der Waals surface area (Å²) in [6.45, 7) is 5.08. The topological polar surface area (TPSA) is 85.6 Å². The van der Waals surface area contributed by atoms with Gasteiger partial charge in [-0.1, -0.05) is 17.3 Å². The Morgan fingerprint density at radius 1 is 1.25 bits per heavy atom. The van der Waals surface area contributed by atoms with E-state index in [-0.39, 0.29) is 0 Å². The van der Waals surface area contributed by atoms with E-state index in [1.807, 2.05) is 33.0 Å². The lowest BCUT2D eigenvalue weighted by Gasteiger charge is -2.21. The van der Waals surface area contributed by atoms with Crippen LogP contribution in [0.4, 0.5) is 13.2 Å². The van der Waals surface area contributed by atoms with Crippen molar-refractivity contribution in [3.05, 3.63) is 52.3 Å². The number of oxime groups is 1. The summed E-state index contributed by atoms with van der Waals surface area (Å²) in [7, 11) is 1.83. The van der Waals surface area contributed by atoms with Crippen molar-refractivity contribution in [3.63, 3.8) is 0 Å². The van der Waals surface area contributed by atoms with Crippen molar-refractivity contribution in [3.8, 4) is 0 Å². The van der Waals surface area contributed by atoms with Gasteiger partial charge in [-0.2, -0.15) is 18.3 Å². The second-order valence-electron chi connectivity index (χ2n) is 8.20. The van der Waals surface area contributed by atoms with Crippen LogP contribution in [0.25, 0.3) is 0 Å². The van der Waals surface area contributed by atoms with E-state index in [9.17, 15) is 22.8 Å². The van der Waals surface area contributed by atoms with Crippen molar-refractivity contribution >= 4 is 17.4 Å². The standard InChI is InChI=1S/C22H25F3N4O3/c1-13-5-6-15(10-17(13)20(31)26-12-16(30)7-8-22(23,24)25)18-11-21(3,32-28-18)19-9-14(2)27-29(19)4/h5-6,9-10H,7-8,11-12H2,1-4H3,(H,26,31). The molecule has 2 aromatic rings. The first-order valence-corrected chi connectivity index (χ1v) is 10.1. The highest BCUT2D eigenvalue weighted by atomic mass is 19.4. The average molecular weight is 450 g/mol. The van der Waals surface area contributed by atoms with Gasteiger partial charge in [0.05, 0.1) is 30.1 Å². The molecule has 0 aliphatic carbocycles. The van der Waals surface area contributed by atoms with Crippen molar-refractivity contribution in [2.45, 2.75) is 51.8 Å². The average Bonchev–Trinajstić information content (AvgIpc) is 3.27. The maximum absolute atomic E-state index is 12.6. The number of halogens is 3. The number of benzene rings is 1. The molecule has 0 fully saturated rings. The normalized spacial score (nSPS) is 18.3. The van der Waals surface area contributed by atoms with Gasteiger partial charge in [-0.05, 0) is 38.5 Å². The third-order valence-electron chi connectivity index (χ3n) is 5.35. The van der Waals surface area contributed by atoms with Gasteiger partial charge in [0.1, 0.15) is 0 Å². The second-order valence-corrected chi connectivity index (χ2v) is 8.20. The summed E-state index contributed by atoms with van der Waals surface area (Å²) in [5, 5.41) is 11.0. The summed E-state index contributed by atoms with van der Waals surface area (Å²) < 4.78 is 38.5. The molecule has 2 heterocycles. The van der Waals surface area contributed by atoms with Crippen LogP contribution >= 0.6 is 0 Å². The van der Waals surface area contributed by atoms with E-state index >= 15 is 0 Å². The lowest BCUT2D eigenvalue weighted by atomic mass is 9.91. The van der Waals surface area contributed by atoms with E-state index in [0.29, 0.717) is 28.8 Å². The molecular formula is C22H25F3N4O3. The van der Waals surface area contributed by atoms with Crippen molar-refractivity contribution in [1.29, 1.82) is 0 Å². The molecule has 0 saturated heterocycles. The van der Waals surface area contributed by atoms with Crippen LogP contribution in [-0.2, 0) is 22.3 Å². The van der Waals surface area contributed by atoms with E-state index < -0.39 is 42.9 Å².